The molecule has 2 aromatic rings. The summed E-state index contributed by atoms with van der Waals surface area (Å²) in [5.41, 5.74) is 1.83. The van der Waals surface area contributed by atoms with E-state index in [2.05, 4.69) is 26.1 Å². The Morgan fingerprint density at radius 2 is 1.64 bits per heavy atom. The lowest BCUT2D eigenvalue weighted by molar-refractivity contribution is 0.0226. The normalized spacial score (nSPS) is 26.6. The number of rotatable bonds is 11. The van der Waals surface area contributed by atoms with E-state index in [9.17, 15) is 22.7 Å². The van der Waals surface area contributed by atoms with Crippen LogP contribution in [0.5, 0.6) is 0 Å². The number of likely N-dealkylation sites (tertiary alicyclic amines) is 2. The van der Waals surface area contributed by atoms with Crippen LogP contribution < -0.4 is 10.2 Å². The topological polar surface area (TPSA) is 93.2 Å². The van der Waals surface area contributed by atoms with Gasteiger partial charge < -0.3 is 25.1 Å². The van der Waals surface area contributed by atoms with E-state index in [0.717, 1.165) is 109 Å². The summed E-state index contributed by atoms with van der Waals surface area (Å²) in [5.74, 6) is 0.843. The molecular formula is C35H47FN4O4S. The molecule has 0 bridgehead atoms. The highest BCUT2D eigenvalue weighted by Crippen LogP contribution is 2.51. The largest absolute Gasteiger partial charge is 0.465 e. The maximum absolute atomic E-state index is 14.8. The molecule has 2 aromatic carbocycles. The lowest BCUT2D eigenvalue weighted by atomic mass is 9.57. The Balaban J connectivity index is 1.02. The number of nitrogens with one attached hydrogen (secondary N) is 1. The van der Waals surface area contributed by atoms with Crippen LogP contribution in [-0.2, 0) is 15.3 Å². The first-order valence-corrected chi connectivity index (χ1v) is 18.6. The Labute approximate surface area is 266 Å². The van der Waals surface area contributed by atoms with Gasteiger partial charge in [0, 0.05) is 49.2 Å². The van der Waals surface area contributed by atoms with Crippen molar-refractivity contribution >= 4 is 21.6 Å². The van der Waals surface area contributed by atoms with Gasteiger partial charge in [-0.05, 0) is 125 Å². The molecule has 0 radical (unpaired) electrons. The minimum Gasteiger partial charge on any atom is -0.465 e. The molecule has 3 heterocycles. The van der Waals surface area contributed by atoms with Crippen molar-refractivity contribution in [1.29, 1.82) is 0 Å². The quantitative estimate of drug-likeness (QED) is 0.358. The fourth-order valence-corrected chi connectivity index (χ4v) is 10.7. The second-order valence-electron chi connectivity index (χ2n) is 14.4. The molecule has 3 aliphatic heterocycles. The minimum absolute atomic E-state index is 0.117. The van der Waals surface area contributed by atoms with Crippen molar-refractivity contribution in [2.45, 2.75) is 73.0 Å². The van der Waals surface area contributed by atoms with Crippen LogP contribution in [0.1, 0.15) is 56.9 Å². The molecule has 3 saturated heterocycles. The molecule has 45 heavy (non-hydrogen) atoms. The molecule has 8 nitrogen and oxygen atoms in total. The molecular weight excluding hydrogens is 591 g/mol. The number of nitrogens with zero attached hydrogens (tertiary/aromatic N) is 3. The number of hydrogen-bond donors (Lipinski definition) is 2. The summed E-state index contributed by atoms with van der Waals surface area (Å²) in [6.45, 7) is 7.95. The third-order valence-corrected chi connectivity index (χ3v) is 13.8. The molecule has 5 aliphatic rings. The zero-order valence-electron chi connectivity index (χ0n) is 26.1. The molecule has 10 heteroatoms. The smallest absolute Gasteiger partial charge is 0.404 e. The van der Waals surface area contributed by atoms with Gasteiger partial charge in [-0.1, -0.05) is 18.6 Å². The van der Waals surface area contributed by atoms with E-state index in [1.165, 1.54) is 12.5 Å². The Morgan fingerprint density at radius 1 is 0.911 bits per heavy atom. The Hall–Kier alpha value is -2.69. The van der Waals surface area contributed by atoms with Crippen molar-refractivity contribution in [2.24, 2.45) is 17.8 Å². The highest BCUT2D eigenvalue weighted by atomic mass is 32.2. The van der Waals surface area contributed by atoms with Gasteiger partial charge in [0.05, 0.1) is 10.1 Å². The first kappa shape index (κ1) is 30.9. The van der Waals surface area contributed by atoms with Crippen LogP contribution in [0.25, 0.3) is 0 Å². The monoisotopic (exact) mass is 638 g/mol. The second kappa shape index (κ2) is 12.5. The van der Waals surface area contributed by atoms with Gasteiger partial charge in [-0.2, -0.15) is 0 Å². The minimum atomic E-state index is -3.16. The van der Waals surface area contributed by atoms with Crippen LogP contribution in [0, 0.1) is 23.6 Å². The van der Waals surface area contributed by atoms with Crippen molar-refractivity contribution < 1.29 is 22.7 Å². The molecule has 244 valence electrons. The van der Waals surface area contributed by atoms with Gasteiger partial charge in [-0.15, -0.1) is 0 Å². The van der Waals surface area contributed by atoms with Gasteiger partial charge >= 0.3 is 6.09 Å². The van der Waals surface area contributed by atoms with Crippen LogP contribution in [-0.4, -0.2) is 93.1 Å². The fraction of sp³-hybridized carbons (Fsp3) is 0.629. The molecule has 5 fully saturated rings. The van der Waals surface area contributed by atoms with Crippen LogP contribution in [0.4, 0.5) is 14.9 Å². The van der Waals surface area contributed by atoms with E-state index in [-0.39, 0.29) is 28.4 Å². The number of sulfone groups is 1. The summed E-state index contributed by atoms with van der Waals surface area (Å²) < 4.78 is 39.9. The Bertz CT molecular complexity index is 1470. The van der Waals surface area contributed by atoms with Crippen molar-refractivity contribution in [3.05, 3.63) is 59.9 Å². The fourth-order valence-electron chi connectivity index (χ4n) is 9.00. The number of amides is 1. The van der Waals surface area contributed by atoms with Crippen molar-refractivity contribution in [1.82, 2.24) is 15.1 Å². The molecule has 2 N–H and O–H groups in total. The van der Waals surface area contributed by atoms with E-state index in [0.29, 0.717) is 16.7 Å². The molecule has 1 amide bonds. The van der Waals surface area contributed by atoms with Gasteiger partial charge in [0.25, 0.3) is 0 Å². The van der Waals surface area contributed by atoms with E-state index in [1.54, 1.807) is 18.2 Å². The molecule has 0 spiro atoms. The third-order valence-electron chi connectivity index (χ3n) is 11.6. The molecule has 2 aliphatic carbocycles. The molecule has 3 atom stereocenters. The van der Waals surface area contributed by atoms with Crippen molar-refractivity contribution in [3.8, 4) is 0 Å². The molecule has 2 saturated carbocycles. The van der Waals surface area contributed by atoms with E-state index in [1.807, 2.05) is 18.2 Å². The van der Waals surface area contributed by atoms with Gasteiger partial charge in [0.2, 0.25) is 0 Å². The average Bonchev–Trinajstić information content (AvgIpc) is 3.76. The van der Waals surface area contributed by atoms with E-state index < -0.39 is 15.9 Å². The van der Waals surface area contributed by atoms with Crippen LogP contribution in [0.2, 0.25) is 0 Å². The number of piperidine rings is 1. The summed E-state index contributed by atoms with van der Waals surface area (Å²) in [6, 6.07) is 14.5. The summed E-state index contributed by atoms with van der Waals surface area (Å²) >= 11 is 0. The molecule has 1 unspecified atom stereocenters. The van der Waals surface area contributed by atoms with Crippen molar-refractivity contribution in [2.75, 3.05) is 57.3 Å². The lowest BCUT2D eigenvalue weighted by Gasteiger charge is -2.54. The number of carbonyl (C=O) groups is 1. The zero-order chi connectivity index (χ0) is 31.2. The van der Waals surface area contributed by atoms with Gasteiger partial charge in [-0.25, -0.2) is 17.6 Å². The Kier molecular flexibility index (Phi) is 8.59. The number of hydrogen-bond acceptors (Lipinski definition) is 6. The number of carboxylic acid groups (broad SMARTS) is 1. The summed E-state index contributed by atoms with van der Waals surface area (Å²) in [7, 11) is -3.16. The van der Waals surface area contributed by atoms with E-state index in [4.69, 9.17) is 0 Å². The zero-order valence-corrected chi connectivity index (χ0v) is 26.9. The lowest BCUT2D eigenvalue weighted by Crippen LogP contribution is -2.60. The molecule has 0 aromatic heterocycles. The number of benzene rings is 2. The first-order chi connectivity index (χ1) is 21.7. The standard InChI is InChI=1S/C35H47FN4O4S/c36-28-5-1-4-27(20-28)35(24-39-16-3-17-39,32-6-2-7-33(32)37-34(41)42)26-14-18-38(19-15-26)21-25-22-40(23-25)29-8-10-30(11-9-29)45(43,44)31-12-13-31/h1,4-5,8-11,20,25-26,31-33,37H,2-3,6-7,12-19,21-24H2,(H,41,42)/t32-,33-,35?/m0/s1. The summed E-state index contributed by atoms with van der Waals surface area (Å²) in [4.78, 5) is 19.7. The predicted molar refractivity (Wildman–Crippen MR) is 173 cm³/mol. The van der Waals surface area contributed by atoms with Crippen LogP contribution in [0.15, 0.2) is 53.4 Å². The maximum atomic E-state index is 14.8. The summed E-state index contributed by atoms with van der Waals surface area (Å²) in [6.07, 6.45) is 6.61. The summed E-state index contributed by atoms with van der Waals surface area (Å²) in [5, 5.41) is 12.4. The highest BCUT2D eigenvalue weighted by Gasteiger charge is 2.53. The maximum Gasteiger partial charge on any atom is 0.404 e. The second-order valence-corrected chi connectivity index (χ2v) is 16.6. The van der Waals surface area contributed by atoms with Gasteiger partial charge in [-0.3, -0.25) is 0 Å². The number of halogens is 1. The average molecular weight is 639 g/mol. The van der Waals surface area contributed by atoms with Gasteiger partial charge in [0.15, 0.2) is 9.84 Å². The van der Waals surface area contributed by atoms with Crippen LogP contribution >= 0.6 is 0 Å². The Morgan fingerprint density at radius 3 is 2.27 bits per heavy atom. The van der Waals surface area contributed by atoms with Crippen molar-refractivity contribution in [3.63, 3.8) is 0 Å². The highest BCUT2D eigenvalue weighted by molar-refractivity contribution is 7.92. The predicted octanol–water partition coefficient (Wildman–Crippen LogP) is 4.99. The molecule has 7 rings (SSSR count). The van der Waals surface area contributed by atoms with Gasteiger partial charge in [0.1, 0.15) is 5.82 Å². The third kappa shape index (κ3) is 6.22. The SMILES string of the molecule is O=C(O)N[C@H]1CCC[C@@H]1C(CN1CCC1)(c1cccc(F)c1)C1CCN(CC2CN(c3ccc(S(=O)(=O)C4CC4)cc3)C2)CC1. The number of anilines is 1. The first-order valence-electron chi connectivity index (χ1n) is 17.0. The van der Waals surface area contributed by atoms with E-state index >= 15 is 0 Å². The van der Waals surface area contributed by atoms with Crippen LogP contribution in [0.3, 0.4) is 0 Å².